The first kappa shape index (κ1) is 11.3. The molecule has 1 aliphatic rings. The molecule has 0 radical (unpaired) electrons. The SMILES string of the molecule is Cc1ccc(N2CCCC(=O)C2=O)cc1Br. The summed E-state index contributed by atoms with van der Waals surface area (Å²) in [7, 11) is 0. The van der Waals surface area contributed by atoms with Crippen molar-refractivity contribution in [2.45, 2.75) is 19.8 Å². The average molecular weight is 282 g/mol. The van der Waals surface area contributed by atoms with Crippen molar-refractivity contribution in [1.82, 2.24) is 0 Å². The van der Waals surface area contributed by atoms with Crippen molar-refractivity contribution in [1.29, 1.82) is 0 Å². The lowest BCUT2D eigenvalue weighted by Gasteiger charge is -2.26. The van der Waals surface area contributed by atoms with Crippen LogP contribution < -0.4 is 4.90 Å². The maximum absolute atomic E-state index is 11.7. The minimum absolute atomic E-state index is 0.289. The number of hydrogen-bond donors (Lipinski definition) is 0. The Morgan fingerprint density at radius 1 is 1.31 bits per heavy atom. The van der Waals surface area contributed by atoms with Crippen LogP contribution in [-0.4, -0.2) is 18.2 Å². The zero-order valence-electron chi connectivity index (χ0n) is 9.00. The highest BCUT2D eigenvalue weighted by atomic mass is 79.9. The molecule has 3 nitrogen and oxygen atoms in total. The Kier molecular flexibility index (Phi) is 3.10. The number of piperidine rings is 1. The maximum Gasteiger partial charge on any atom is 0.294 e. The number of benzene rings is 1. The molecule has 1 amide bonds. The second kappa shape index (κ2) is 4.37. The first-order valence-corrected chi connectivity index (χ1v) is 6.00. The van der Waals surface area contributed by atoms with Crippen molar-refractivity contribution >= 4 is 33.3 Å². The van der Waals surface area contributed by atoms with Gasteiger partial charge >= 0.3 is 0 Å². The number of nitrogens with zero attached hydrogens (tertiary/aromatic N) is 1. The Bertz CT molecular complexity index is 456. The molecule has 1 saturated heterocycles. The minimum Gasteiger partial charge on any atom is -0.306 e. The largest absolute Gasteiger partial charge is 0.306 e. The van der Waals surface area contributed by atoms with Gasteiger partial charge in [0.05, 0.1) is 0 Å². The molecule has 1 fully saturated rings. The standard InChI is InChI=1S/C12H12BrNO2/c1-8-4-5-9(7-10(8)13)14-6-2-3-11(15)12(14)16/h4-5,7H,2-3,6H2,1H3. The van der Waals surface area contributed by atoms with Crippen LogP contribution in [0.4, 0.5) is 5.69 Å². The molecule has 4 heteroatoms. The Hall–Kier alpha value is -1.16. The Balaban J connectivity index is 2.32. The summed E-state index contributed by atoms with van der Waals surface area (Å²) in [5, 5.41) is 0. The van der Waals surface area contributed by atoms with E-state index in [2.05, 4.69) is 15.9 Å². The van der Waals surface area contributed by atoms with Gasteiger partial charge in [-0.2, -0.15) is 0 Å². The fraction of sp³-hybridized carbons (Fsp3) is 0.333. The highest BCUT2D eigenvalue weighted by Crippen LogP contribution is 2.25. The number of Topliss-reactive ketones (excluding diaryl/α,β-unsaturated/α-hetero) is 1. The fourth-order valence-corrected chi connectivity index (χ4v) is 2.12. The van der Waals surface area contributed by atoms with Crippen molar-refractivity contribution in [3.05, 3.63) is 28.2 Å². The quantitative estimate of drug-likeness (QED) is 0.742. The number of hydrogen-bond acceptors (Lipinski definition) is 2. The van der Waals surface area contributed by atoms with Gasteiger partial charge in [0.1, 0.15) is 0 Å². The van der Waals surface area contributed by atoms with Gasteiger partial charge < -0.3 is 4.90 Å². The van der Waals surface area contributed by atoms with Crippen LogP contribution >= 0.6 is 15.9 Å². The zero-order chi connectivity index (χ0) is 11.7. The van der Waals surface area contributed by atoms with Crippen LogP contribution in [0.1, 0.15) is 18.4 Å². The van der Waals surface area contributed by atoms with E-state index in [1.54, 1.807) is 4.90 Å². The summed E-state index contributed by atoms with van der Waals surface area (Å²) in [5.41, 5.74) is 1.90. The van der Waals surface area contributed by atoms with Gasteiger partial charge in [0.15, 0.2) is 0 Å². The molecule has 2 rings (SSSR count). The molecule has 1 heterocycles. The summed E-state index contributed by atoms with van der Waals surface area (Å²) in [5.74, 6) is -0.676. The molecule has 0 bridgehead atoms. The highest BCUT2D eigenvalue weighted by Gasteiger charge is 2.27. The zero-order valence-corrected chi connectivity index (χ0v) is 10.6. The molecule has 16 heavy (non-hydrogen) atoms. The van der Waals surface area contributed by atoms with Crippen molar-refractivity contribution < 1.29 is 9.59 Å². The average Bonchev–Trinajstić information content (AvgIpc) is 2.26. The Morgan fingerprint density at radius 2 is 2.06 bits per heavy atom. The predicted molar refractivity (Wildman–Crippen MR) is 65.5 cm³/mol. The van der Waals surface area contributed by atoms with E-state index in [9.17, 15) is 9.59 Å². The summed E-state index contributed by atoms with van der Waals surface area (Å²) >= 11 is 3.42. The summed E-state index contributed by atoms with van der Waals surface area (Å²) in [6.07, 6.45) is 1.12. The van der Waals surface area contributed by atoms with Crippen LogP contribution in [0.5, 0.6) is 0 Å². The number of carbonyl (C=O) groups excluding carboxylic acids is 2. The van der Waals surface area contributed by atoms with Crippen LogP contribution in [-0.2, 0) is 9.59 Å². The second-order valence-electron chi connectivity index (χ2n) is 3.92. The van der Waals surface area contributed by atoms with E-state index in [-0.39, 0.29) is 11.7 Å². The highest BCUT2D eigenvalue weighted by molar-refractivity contribution is 9.10. The topological polar surface area (TPSA) is 37.4 Å². The predicted octanol–water partition coefficient (Wildman–Crippen LogP) is 2.45. The lowest BCUT2D eigenvalue weighted by Crippen LogP contribution is -2.41. The number of aryl methyl sites for hydroxylation is 1. The molecule has 0 saturated carbocycles. The first-order chi connectivity index (χ1) is 7.59. The lowest BCUT2D eigenvalue weighted by molar-refractivity contribution is -0.137. The molecule has 0 N–H and O–H groups in total. The smallest absolute Gasteiger partial charge is 0.294 e. The van der Waals surface area contributed by atoms with E-state index < -0.39 is 0 Å². The number of carbonyl (C=O) groups is 2. The van der Waals surface area contributed by atoms with Gasteiger partial charge in [-0.05, 0) is 31.0 Å². The third kappa shape index (κ3) is 2.02. The maximum atomic E-state index is 11.7. The van der Waals surface area contributed by atoms with E-state index in [1.165, 1.54) is 0 Å². The molecule has 1 aromatic rings. The van der Waals surface area contributed by atoms with E-state index in [0.29, 0.717) is 13.0 Å². The normalized spacial score (nSPS) is 16.8. The second-order valence-corrected chi connectivity index (χ2v) is 4.77. The van der Waals surface area contributed by atoms with Crippen molar-refractivity contribution in [2.24, 2.45) is 0 Å². The third-order valence-corrected chi connectivity index (χ3v) is 3.59. The lowest BCUT2D eigenvalue weighted by atomic mass is 10.1. The van der Waals surface area contributed by atoms with Crippen LogP contribution in [0.15, 0.2) is 22.7 Å². The van der Waals surface area contributed by atoms with Gasteiger partial charge in [-0.1, -0.05) is 22.0 Å². The molecule has 0 unspecified atom stereocenters. The monoisotopic (exact) mass is 281 g/mol. The van der Waals surface area contributed by atoms with Gasteiger partial charge in [-0.25, -0.2) is 0 Å². The third-order valence-electron chi connectivity index (χ3n) is 2.74. The summed E-state index contributed by atoms with van der Waals surface area (Å²) in [6, 6.07) is 5.69. The Labute approximate surface area is 103 Å². The molecule has 0 aromatic heterocycles. The molecule has 0 atom stereocenters. The fourth-order valence-electron chi connectivity index (χ4n) is 1.75. The number of anilines is 1. The van der Waals surface area contributed by atoms with Crippen LogP contribution in [0.2, 0.25) is 0 Å². The van der Waals surface area contributed by atoms with Gasteiger partial charge in [0.2, 0.25) is 5.78 Å². The van der Waals surface area contributed by atoms with E-state index >= 15 is 0 Å². The van der Waals surface area contributed by atoms with E-state index in [1.807, 2.05) is 25.1 Å². The van der Waals surface area contributed by atoms with Crippen LogP contribution in [0.25, 0.3) is 0 Å². The van der Waals surface area contributed by atoms with Gasteiger partial charge in [0.25, 0.3) is 5.91 Å². The molecular weight excluding hydrogens is 270 g/mol. The number of halogens is 1. The van der Waals surface area contributed by atoms with Crippen molar-refractivity contribution in [3.63, 3.8) is 0 Å². The molecule has 1 aliphatic heterocycles. The number of rotatable bonds is 1. The van der Waals surface area contributed by atoms with Crippen molar-refractivity contribution in [3.8, 4) is 0 Å². The molecule has 0 aliphatic carbocycles. The number of ketones is 1. The van der Waals surface area contributed by atoms with Gasteiger partial charge in [-0.15, -0.1) is 0 Å². The molecule has 0 spiro atoms. The first-order valence-electron chi connectivity index (χ1n) is 5.20. The summed E-state index contributed by atoms with van der Waals surface area (Å²) < 4.78 is 0.954. The van der Waals surface area contributed by atoms with Crippen LogP contribution in [0.3, 0.4) is 0 Å². The Morgan fingerprint density at radius 3 is 2.75 bits per heavy atom. The van der Waals surface area contributed by atoms with E-state index in [4.69, 9.17) is 0 Å². The van der Waals surface area contributed by atoms with E-state index in [0.717, 1.165) is 22.1 Å². The van der Waals surface area contributed by atoms with Crippen molar-refractivity contribution in [2.75, 3.05) is 11.4 Å². The number of amides is 1. The summed E-state index contributed by atoms with van der Waals surface area (Å²) in [4.78, 5) is 24.6. The molecule has 1 aromatic carbocycles. The van der Waals surface area contributed by atoms with Gasteiger partial charge in [0, 0.05) is 23.1 Å². The molecular formula is C12H12BrNO2. The minimum atomic E-state index is -0.387. The summed E-state index contributed by atoms with van der Waals surface area (Å²) in [6.45, 7) is 2.61. The van der Waals surface area contributed by atoms with Gasteiger partial charge in [-0.3, -0.25) is 9.59 Å². The van der Waals surface area contributed by atoms with Crippen LogP contribution in [0, 0.1) is 6.92 Å². The molecule has 84 valence electrons.